The van der Waals surface area contributed by atoms with Gasteiger partial charge in [0, 0.05) is 12.5 Å². The number of carbonyl (C=O) groups is 1. The van der Waals surface area contributed by atoms with Crippen LogP contribution in [0.25, 0.3) is 0 Å². The standard InChI is InChI=1S/C23H30N2O2/c1-3-27-22-11-9-19(10-12-22)17-25-15-13-21(14-16-25)23(26)24-18(2)20-7-5-4-6-8-20/h4-12,18,21H,3,13-17H2,1-2H3,(H,24,26). The van der Waals surface area contributed by atoms with Crippen molar-refractivity contribution in [2.75, 3.05) is 19.7 Å². The van der Waals surface area contributed by atoms with Crippen LogP contribution in [-0.4, -0.2) is 30.5 Å². The van der Waals surface area contributed by atoms with Gasteiger partial charge in [-0.1, -0.05) is 42.5 Å². The van der Waals surface area contributed by atoms with Crippen LogP contribution < -0.4 is 10.1 Å². The van der Waals surface area contributed by atoms with Crippen LogP contribution in [0.4, 0.5) is 0 Å². The summed E-state index contributed by atoms with van der Waals surface area (Å²) in [7, 11) is 0. The molecule has 4 nitrogen and oxygen atoms in total. The minimum absolute atomic E-state index is 0.0561. The monoisotopic (exact) mass is 366 g/mol. The van der Waals surface area contributed by atoms with Crippen molar-refractivity contribution in [2.45, 2.75) is 39.3 Å². The van der Waals surface area contributed by atoms with E-state index >= 15 is 0 Å². The van der Waals surface area contributed by atoms with Gasteiger partial charge in [0.25, 0.3) is 0 Å². The van der Waals surface area contributed by atoms with Crippen LogP contribution in [0.15, 0.2) is 54.6 Å². The third-order valence-electron chi connectivity index (χ3n) is 5.26. The number of amides is 1. The van der Waals surface area contributed by atoms with Crippen LogP contribution in [0.1, 0.15) is 43.9 Å². The molecule has 1 aliphatic rings. The Balaban J connectivity index is 1.44. The van der Waals surface area contributed by atoms with Crippen molar-refractivity contribution in [2.24, 2.45) is 5.92 Å². The second-order valence-electron chi connectivity index (χ2n) is 7.27. The number of ether oxygens (including phenoxy) is 1. The third-order valence-corrected chi connectivity index (χ3v) is 5.26. The van der Waals surface area contributed by atoms with Crippen LogP contribution in [-0.2, 0) is 11.3 Å². The molecule has 0 bridgehead atoms. The van der Waals surface area contributed by atoms with Gasteiger partial charge in [-0.15, -0.1) is 0 Å². The zero-order chi connectivity index (χ0) is 19.1. The van der Waals surface area contributed by atoms with Crippen LogP contribution in [0.3, 0.4) is 0 Å². The van der Waals surface area contributed by atoms with Crippen LogP contribution in [0.5, 0.6) is 5.75 Å². The Kier molecular flexibility index (Phi) is 6.88. The SMILES string of the molecule is CCOc1ccc(CN2CCC(C(=O)NC(C)c3ccccc3)CC2)cc1. The normalized spacial score (nSPS) is 16.7. The van der Waals surface area contributed by atoms with E-state index in [1.807, 2.05) is 44.2 Å². The Bertz CT molecular complexity index is 707. The molecule has 1 N–H and O–H groups in total. The molecule has 2 aromatic rings. The molecular weight excluding hydrogens is 336 g/mol. The second kappa shape index (κ2) is 9.56. The molecule has 1 amide bonds. The zero-order valence-electron chi connectivity index (χ0n) is 16.4. The largest absolute Gasteiger partial charge is 0.494 e. The number of likely N-dealkylation sites (tertiary alicyclic amines) is 1. The van der Waals surface area contributed by atoms with E-state index < -0.39 is 0 Å². The fourth-order valence-electron chi connectivity index (χ4n) is 3.63. The Hall–Kier alpha value is -2.33. The highest BCUT2D eigenvalue weighted by atomic mass is 16.5. The second-order valence-corrected chi connectivity index (χ2v) is 7.27. The van der Waals surface area contributed by atoms with E-state index in [1.165, 1.54) is 5.56 Å². The lowest BCUT2D eigenvalue weighted by Gasteiger charge is -2.32. The predicted molar refractivity (Wildman–Crippen MR) is 109 cm³/mol. The molecule has 1 heterocycles. The Morgan fingerprint density at radius 2 is 1.78 bits per heavy atom. The third kappa shape index (κ3) is 5.57. The first-order chi connectivity index (χ1) is 13.2. The maximum Gasteiger partial charge on any atom is 0.223 e. The van der Waals surface area contributed by atoms with E-state index in [2.05, 4.69) is 34.5 Å². The van der Waals surface area contributed by atoms with Crippen molar-refractivity contribution in [1.29, 1.82) is 0 Å². The highest BCUT2D eigenvalue weighted by Crippen LogP contribution is 2.22. The van der Waals surface area contributed by atoms with Crippen molar-refractivity contribution in [3.63, 3.8) is 0 Å². The molecule has 144 valence electrons. The minimum Gasteiger partial charge on any atom is -0.494 e. The molecule has 1 unspecified atom stereocenters. The summed E-state index contributed by atoms with van der Waals surface area (Å²) >= 11 is 0. The maximum absolute atomic E-state index is 12.6. The van der Waals surface area contributed by atoms with Gasteiger partial charge in [-0.25, -0.2) is 0 Å². The fraction of sp³-hybridized carbons (Fsp3) is 0.435. The summed E-state index contributed by atoms with van der Waals surface area (Å²) in [6.45, 7) is 7.60. The highest BCUT2D eigenvalue weighted by Gasteiger charge is 2.25. The van der Waals surface area contributed by atoms with E-state index in [-0.39, 0.29) is 17.9 Å². The number of carbonyl (C=O) groups excluding carboxylic acids is 1. The molecule has 0 radical (unpaired) electrons. The summed E-state index contributed by atoms with van der Waals surface area (Å²) < 4.78 is 5.50. The number of benzene rings is 2. The van der Waals surface area contributed by atoms with Gasteiger partial charge in [0.15, 0.2) is 0 Å². The summed E-state index contributed by atoms with van der Waals surface area (Å²) in [5.41, 5.74) is 2.44. The van der Waals surface area contributed by atoms with Gasteiger partial charge >= 0.3 is 0 Å². The van der Waals surface area contributed by atoms with E-state index in [0.29, 0.717) is 6.61 Å². The summed E-state index contributed by atoms with van der Waals surface area (Å²) in [4.78, 5) is 15.0. The first-order valence-corrected chi connectivity index (χ1v) is 9.95. The Labute approximate surface area is 162 Å². The van der Waals surface area contributed by atoms with Gasteiger partial charge in [-0.2, -0.15) is 0 Å². The van der Waals surface area contributed by atoms with Gasteiger partial charge in [-0.3, -0.25) is 9.69 Å². The summed E-state index contributed by atoms with van der Waals surface area (Å²) in [5.74, 6) is 1.23. The molecule has 1 saturated heterocycles. The number of hydrogen-bond donors (Lipinski definition) is 1. The smallest absolute Gasteiger partial charge is 0.223 e. The number of piperidine rings is 1. The zero-order valence-corrected chi connectivity index (χ0v) is 16.4. The molecule has 27 heavy (non-hydrogen) atoms. The molecule has 0 aliphatic carbocycles. The van der Waals surface area contributed by atoms with E-state index in [9.17, 15) is 4.79 Å². The average Bonchev–Trinajstić information content (AvgIpc) is 2.71. The van der Waals surface area contributed by atoms with Crippen LogP contribution >= 0.6 is 0 Å². The first-order valence-electron chi connectivity index (χ1n) is 9.95. The lowest BCUT2D eigenvalue weighted by atomic mass is 9.95. The van der Waals surface area contributed by atoms with E-state index in [0.717, 1.165) is 43.8 Å². The van der Waals surface area contributed by atoms with Crippen molar-refractivity contribution in [1.82, 2.24) is 10.2 Å². The number of hydrogen-bond acceptors (Lipinski definition) is 3. The average molecular weight is 367 g/mol. The summed E-state index contributed by atoms with van der Waals surface area (Å²) in [6.07, 6.45) is 1.84. The van der Waals surface area contributed by atoms with Gasteiger partial charge < -0.3 is 10.1 Å². The van der Waals surface area contributed by atoms with E-state index in [4.69, 9.17) is 4.74 Å². The van der Waals surface area contributed by atoms with Gasteiger partial charge in [-0.05, 0) is 63.0 Å². The number of nitrogens with zero attached hydrogens (tertiary/aromatic N) is 1. The molecule has 1 fully saturated rings. The highest BCUT2D eigenvalue weighted by molar-refractivity contribution is 5.79. The predicted octanol–water partition coefficient (Wildman–Crippen LogP) is 4.17. The van der Waals surface area contributed by atoms with Crippen molar-refractivity contribution >= 4 is 5.91 Å². The molecule has 0 saturated carbocycles. The first kappa shape index (κ1) is 19.4. The molecule has 3 rings (SSSR count). The summed E-state index contributed by atoms with van der Waals surface area (Å²) in [6, 6.07) is 18.5. The van der Waals surface area contributed by atoms with Crippen LogP contribution in [0.2, 0.25) is 0 Å². The summed E-state index contributed by atoms with van der Waals surface area (Å²) in [5, 5.41) is 3.18. The van der Waals surface area contributed by atoms with Crippen molar-refractivity contribution in [3.05, 3.63) is 65.7 Å². The molecule has 4 heteroatoms. The molecule has 1 aliphatic heterocycles. The number of nitrogens with one attached hydrogen (secondary N) is 1. The maximum atomic E-state index is 12.6. The lowest BCUT2D eigenvalue weighted by Crippen LogP contribution is -2.40. The minimum atomic E-state index is 0.0561. The molecular formula is C23H30N2O2. The number of rotatable bonds is 7. The quantitative estimate of drug-likeness (QED) is 0.799. The van der Waals surface area contributed by atoms with E-state index in [1.54, 1.807) is 0 Å². The van der Waals surface area contributed by atoms with Crippen molar-refractivity contribution in [3.8, 4) is 5.75 Å². The van der Waals surface area contributed by atoms with Crippen LogP contribution in [0, 0.1) is 5.92 Å². The fourth-order valence-corrected chi connectivity index (χ4v) is 3.63. The lowest BCUT2D eigenvalue weighted by molar-refractivity contribution is -0.127. The van der Waals surface area contributed by atoms with Gasteiger partial charge in [0.05, 0.1) is 12.6 Å². The van der Waals surface area contributed by atoms with Crippen molar-refractivity contribution < 1.29 is 9.53 Å². The topological polar surface area (TPSA) is 41.6 Å². The molecule has 1 atom stereocenters. The molecule has 0 aromatic heterocycles. The Morgan fingerprint density at radius 1 is 1.11 bits per heavy atom. The van der Waals surface area contributed by atoms with Gasteiger partial charge in [0.1, 0.15) is 5.75 Å². The van der Waals surface area contributed by atoms with Gasteiger partial charge in [0.2, 0.25) is 5.91 Å². The Morgan fingerprint density at radius 3 is 2.41 bits per heavy atom. The molecule has 2 aromatic carbocycles. The molecule has 0 spiro atoms.